The van der Waals surface area contributed by atoms with E-state index in [1.165, 1.54) is 30.6 Å². The molecule has 0 atom stereocenters. The smallest absolute Gasteiger partial charge is 0.0406 e. The lowest BCUT2D eigenvalue weighted by atomic mass is 10.3. The minimum absolute atomic E-state index is 0.808. The molecule has 0 amide bonds. The Morgan fingerprint density at radius 3 is 2.36 bits per heavy atom. The summed E-state index contributed by atoms with van der Waals surface area (Å²) in [4.78, 5) is 1.27. The van der Waals surface area contributed by atoms with Gasteiger partial charge in [-0.3, -0.25) is 0 Å². The third kappa shape index (κ3) is 2.79. The summed E-state index contributed by atoms with van der Waals surface area (Å²) in [5.74, 6) is 0. The van der Waals surface area contributed by atoms with E-state index in [0.717, 1.165) is 5.02 Å². The van der Waals surface area contributed by atoms with Gasteiger partial charge in [-0.25, -0.2) is 0 Å². The summed E-state index contributed by atoms with van der Waals surface area (Å²) in [6, 6.07) is 8.02. The Hall–Kier alpha value is -0.400. The molecule has 1 aromatic carbocycles. The third-order valence-electron chi connectivity index (χ3n) is 2.42. The number of hydrogen-bond donors (Lipinski definition) is 0. The molecule has 2 rings (SSSR count). The highest BCUT2D eigenvalue weighted by Crippen LogP contribution is 2.29. The number of allylic oxidation sites excluding steroid dienone is 1. The van der Waals surface area contributed by atoms with Gasteiger partial charge in [-0.15, -0.1) is 0 Å². The van der Waals surface area contributed by atoms with Crippen LogP contribution in [-0.2, 0) is 0 Å². The van der Waals surface area contributed by atoms with E-state index in [-0.39, 0.29) is 0 Å². The van der Waals surface area contributed by atoms with Crippen LogP contribution in [0.15, 0.2) is 40.1 Å². The number of thioether (sulfide) groups is 1. The second-order valence-electron chi connectivity index (χ2n) is 3.55. The first-order chi connectivity index (χ1) is 6.84. The van der Waals surface area contributed by atoms with Crippen LogP contribution in [0.4, 0.5) is 0 Å². The molecule has 0 aliphatic heterocycles. The van der Waals surface area contributed by atoms with Crippen molar-refractivity contribution in [2.24, 2.45) is 0 Å². The zero-order valence-electron chi connectivity index (χ0n) is 8.00. The van der Waals surface area contributed by atoms with E-state index < -0.39 is 0 Å². The molecule has 0 nitrogen and oxygen atoms in total. The van der Waals surface area contributed by atoms with Gasteiger partial charge >= 0.3 is 0 Å². The highest BCUT2D eigenvalue weighted by atomic mass is 35.5. The van der Waals surface area contributed by atoms with Crippen molar-refractivity contribution >= 4 is 23.4 Å². The van der Waals surface area contributed by atoms with Crippen molar-refractivity contribution in [2.75, 3.05) is 0 Å². The summed E-state index contributed by atoms with van der Waals surface area (Å²) in [6.45, 7) is 0. The van der Waals surface area contributed by atoms with Gasteiger partial charge in [0.2, 0.25) is 0 Å². The second-order valence-corrected chi connectivity index (χ2v) is 4.93. The Morgan fingerprint density at radius 1 is 1.07 bits per heavy atom. The highest BCUT2D eigenvalue weighted by molar-refractivity contribution is 8.02. The molecule has 1 aromatic rings. The van der Waals surface area contributed by atoms with Gasteiger partial charge in [0, 0.05) is 9.92 Å². The van der Waals surface area contributed by atoms with Crippen molar-refractivity contribution in [2.45, 2.75) is 30.6 Å². The molecule has 0 bridgehead atoms. The summed E-state index contributed by atoms with van der Waals surface area (Å²) in [7, 11) is 0. The van der Waals surface area contributed by atoms with Crippen molar-refractivity contribution in [1.82, 2.24) is 0 Å². The van der Waals surface area contributed by atoms with Crippen LogP contribution >= 0.6 is 23.4 Å². The lowest BCUT2D eigenvalue weighted by molar-refractivity contribution is 0.886. The van der Waals surface area contributed by atoms with Gasteiger partial charge in [0.1, 0.15) is 0 Å². The van der Waals surface area contributed by atoms with Gasteiger partial charge in [-0.2, -0.15) is 0 Å². The summed E-state index contributed by atoms with van der Waals surface area (Å²) < 4.78 is 0. The molecule has 0 unspecified atom stereocenters. The van der Waals surface area contributed by atoms with Crippen LogP contribution in [0.5, 0.6) is 0 Å². The number of halogens is 1. The van der Waals surface area contributed by atoms with Crippen molar-refractivity contribution in [1.29, 1.82) is 0 Å². The summed E-state index contributed by atoms with van der Waals surface area (Å²) in [5.41, 5.74) is 1.60. The number of benzene rings is 1. The van der Waals surface area contributed by atoms with Crippen LogP contribution in [0, 0.1) is 0 Å². The molecule has 1 fully saturated rings. The minimum Gasteiger partial charge on any atom is -0.0981 e. The maximum absolute atomic E-state index is 5.81. The van der Waals surface area contributed by atoms with Crippen molar-refractivity contribution in [3.05, 3.63) is 40.3 Å². The molecule has 1 saturated carbocycles. The fourth-order valence-electron chi connectivity index (χ4n) is 1.61. The molecule has 14 heavy (non-hydrogen) atoms. The Kier molecular flexibility index (Phi) is 3.55. The SMILES string of the molecule is Clc1ccc(SC=C2CCCC2)cc1. The normalized spacial score (nSPS) is 15.9. The molecule has 0 spiro atoms. The van der Waals surface area contributed by atoms with E-state index in [0.29, 0.717) is 0 Å². The van der Waals surface area contributed by atoms with E-state index >= 15 is 0 Å². The lowest BCUT2D eigenvalue weighted by Gasteiger charge is -1.98. The molecular weight excluding hydrogens is 212 g/mol. The summed E-state index contributed by atoms with van der Waals surface area (Å²) in [6.07, 6.45) is 5.32. The largest absolute Gasteiger partial charge is 0.0981 e. The van der Waals surface area contributed by atoms with E-state index in [1.54, 1.807) is 17.3 Å². The Balaban J connectivity index is 1.97. The second kappa shape index (κ2) is 4.90. The molecule has 0 N–H and O–H groups in total. The molecule has 0 saturated heterocycles. The van der Waals surface area contributed by atoms with Crippen LogP contribution in [0.2, 0.25) is 5.02 Å². The van der Waals surface area contributed by atoms with Crippen LogP contribution in [0.1, 0.15) is 25.7 Å². The van der Waals surface area contributed by atoms with E-state index in [9.17, 15) is 0 Å². The van der Waals surface area contributed by atoms with Gasteiger partial charge < -0.3 is 0 Å². The van der Waals surface area contributed by atoms with Crippen LogP contribution in [-0.4, -0.2) is 0 Å². The van der Waals surface area contributed by atoms with Gasteiger partial charge in [-0.1, -0.05) is 28.9 Å². The highest BCUT2D eigenvalue weighted by Gasteiger charge is 2.05. The van der Waals surface area contributed by atoms with Crippen LogP contribution in [0.25, 0.3) is 0 Å². The maximum Gasteiger partial charge on any atom is 0.0406 e. The molecule has 0 radical (unpaired) electrons. The molecule has 74 valence electrons. The van der Waals surface area contributed by atoms with Crippen LogP contribution < -0.4 is 0 Å². The molecular formula is C12H13ClS. The molecule has 1 aliphatic rings. The van der Waals surface area contributed by atoms with Crippen LogP contribution in [0.3, 0.4) is 0 Å². The maximum atomic E-state index is 5.81. The predicted molar refractivity (Wildman–Crippen MR) is 63.9 cm³/mol. The van der Waals surface area contributed by atoms with Gasteiger partial charge in [0.15, 0.2) is 0 Å². The molecule has 1 aliphatic carbocycles. The van der Waals surface area contributed by atoms with Crippen molar-refractivity contribution in [3.63, 3.8) is 0 Å². The summed E-state index contributed by atoms with van der Waals surface area (Å²) >= 11 is 7.62. The Morgan fingerprint density at radius 2 is 1.71 bits per heavy atom. The predicted octanol–water partition coefficient (Wildman–Crippen LogP) is 4.89. The molecule has 0 heterocycles. The topological polar surface area (TPSA) is 0 Å². The lowest BCUT2D eigenvalue weighted by Crippen LogP contribution is -1.71. The minimum atomic E-state index is 0.808. The van der Waals surface area contributed by atoms with Crippen molar-refractivity contribution < 1.29 is 0 Å². The zero-order valence-corrected chi connectivity index (χ0v) is 9.57. The number of hydrogen-bond acceptors (Lipinski definition) is 1. The molecule has 0 aromatic heterocycles. The van der Waals surface area contributed by atoms with E-state index in [4.69, 9.17) is 11.6 Å². The average molecular weight is 225 g/mol. The van der Waals surface area contributed by atoms with Crippen molar-refractivity contribution in [3.8, 4) is 0 Å². The fraction of sp³-hybridized carbons (Fsp3) is 0.333. The first-order valence-electron chi connectivity index (χ1n) is 4.95. The van der Waals surface area contributed by atoms with E-state index in [1.807, 2.05) is 12.1 Å². The van der Waals surface area contributed by atoms with Gasteiger partial charge in [-0.05, 0) is 55.4 Å². The first kappa shape index (κ1) is 10.1. The Labute approximate surface area is 94.4 Å². The van der Waals surface area contributed by atoms with E-state index in [2.05, 4.69) is 17.5 Å². The standard InChI is InChI=1S/C12H13ClS/c13-11-5-7-12(8-6-11)14-9-10-3-1-2-4-10/h5-9H,1-4H2. The Bertz CT molecular complexity index is 319. The van der Waals surface area contributed by atoms with Gasteiger partial charge in [0.25, 0.3) is 0 Å². The number of rotatable bonds is 2. The summed E-state index contributed by atoms with van der Waals surface area (Å²) in [5, 5.41) is 3.11. The average Bonchev–Trinajstić information content (AvgIpc) is 2.70. The van der Waals surface area contributed by atoms with Gasteiger partial charge in [0.05, 0.1) is 0 Å². The monoisotopic (exact) mass is 224 g/mol. The molecule has 2 heteroatoms. The quantitative estimate of drug-likeness (QED) is 0.645. The third-order valence-corrected chi connectivity index (χ3v) is 3.67. The zero-order chi connectivity index (χ0) is 9.80. The first-order valence-corrected chi connectivity index (χ1v) is 6.20. The fourth-order valence-corrected chi connectivity index (χ4v) is 2.57.